The van der Waals surface area contributed by atoms with E-state index in [-0.39, 0.29) is 11.5 Å². The van der Waals surface area contributed by atoms with Crippen LogP contribution in [-0.4, -0.2) is 21.8 Å². The van der Waals surface area contributed by atoms with E-state index < -0.39 is 22.6 Å². The van der Waals surface area contributed by atoms with E-state index in [0.29, 0.717) is 0 Å². The van der Waals surface area contributed by atoms with Gasteiger partial charge in [0, 0.05) is 6.20 Å². The molecule has 0 fully saturated rings. The molecule has 2 rings (SSSR count). The standard InChI is InChI=1S/C9H8N4O3/c10-7(14)6-9(15)13(16)8(12-6)5-3-1-2-4-11-5/h1-4,13,15H,(H2,10,14). The van der Waals surface area contributed by atoms with E-state index in [1.807, 2.05) is 0 Å². The number of hydroxylamine groups is 2. The van der Waals surface area contributed by atoms with Crippen LogP contribution in [0.1, 0.15) is 5.69 Å². The van der Waals surface area contributed by atoms with Gasteiger partial charge in [-0.05, 0) is 12.1 Å². The Morgan fingerprint density at radius 1 is 1.50 bits per heavy atom. The van der Waals surface area contributed by atoms with Crippen molar-refractivity contribution in [3.05, 3.63) is 46.9 Å². The Bertz CT molecular complexity index is 495. The number of hydrogen-bond donors (Lipinski definition) is 3. The molecule has 0 saturated carbocycles. The van der Waals surface area contributed by atoms with Crippen LogP contribution in [0.3, 0.4) is 0 Å². The zero-order chi connectivity index (χ0) is 11.7. The van der Waals surface area contributed by atoms with E-state index in [1.54, 1.807) is 18.2 Å². The van der Waals surface area contributed by atoms with E-state index in [4.69, 9.17) is 5.73 Å². The Hall–Kier alpha value is -2.25. The highest BCUT2D eigenvalue weighted by molar-refractivity contribution is 6.00. The number of primary amides is 1. The fourth-order valence-electron chi connectivity index (χ4n) is 1.28. The second-order valence-corrected chi connectivity index (χ2v) is 3.07. The summed E-state index contributed by atoms with van der Waals surface area (Å²) in [5.41, 5.74) is 4.82. The topological polar surface area (TPSA) is 116 Å². The number of amides is 1. The fourth-order valence-corrected chi connectivity index (χ4v) is 1.28. The first-order valence-electron chi connectivity index (χ1n) is 4.39. The van der Waals surface area contributed by atoms with Crippen molar-refractivity contribution < 1.29 is 15.0 Å². The van der Waals surface area contributed by atoms with Gasteiger partial charge in [0.2, 0.25) is 5.70 Å². The van der Waals surface area contributed by atoms with Gasteiger partial charge in [-0.15, -0.1) is 0 Å². The third-order valence-corrected chi connectivity index (χ3v) is 2.02. The molecule has 0 spiro atoms. The second kappa shape index (κ2) is 3.72. The van der Waals surface area contributed by atoms with Crippen LogP contribution in [0.5, 0.6) is 0 Å². The van der Waals surface area contributed by atoms with Gasteiger partial charge in [-0.2, -0.15) is 4.99 Å². The number of nitrogens with one attached hydrogen (secondary N) is 1. The summed E-state index contributed by atoms with van der Waals surface area (Å²) >= 11 is 0. The number of aliphatic hydroxyl groups excluding tert-OH is 1. The molecule has 0 bridgehead atoms. The molecule has 1 atom stereocenters. The summed E-state index contributed by atoms with van der Waals surface area (Å²) in [6.45, 7) is 0. The quantitative estimate of drug-likeness (QED) is 0.522. The van der Waals surface area contributed by atoms with Gasteiger partial charge < -0.3 is 16.0 Å². The van der Waals surface area contributed by atoms with Gasteiger partial charge in [-0.1, -0.05) is 6.07 Å². The maximum Gasteiger partial charge on any atom is 0.326 e. The molecular weight excluding hydrogens is 212 g/mol. The minimum absolute atomic E-state index is 0.0769. The lowest BCUT2D eigenvalue weighted by atomic mass is 10.3. The molecule has 82 valence electrons. The van der Waals surface area contributed by atoms with Gasteiger partial charge in [-0.25, -0.2) is 4.98 Å². The average Bonchev–Trinajstić information content (AvgIpc) is 2.58. The van der Waals surface area contributed by atoms with Gasteiger partial charge in [0.15, 0.2) is 0 Å². The van der Waals surface area contributed by atoms with Crippen molar-refractivity contribution in [1.29, 1.82) is 0 Å². The molecule has 16 heavy (non-hydrogen) atoms. The minimum atomic E-state index is -0.947. The molecular formula is C9H8N4O3. The third-order valence-electron chi connectivity index (χ3n) is 2.02. The zero-order valence-electron chi connectivity index (χ0n) is 8.04. The van der Waals surface area contributed by atoms with Crippen LogP contribution in [0.15, 0.2) is 41.0 Å². The van der Waals surface area contributed by atoms with E-state index >= 15 is 0 Å². The Morgan fingerprint density at radius 3 is 2.75 bits per heavy atom. The minimum Gasteiger partial charge on any atom is -0.620 e. The first-order chi connectivity index (χ1) is 7.61. The Balaban J connectivity index is 2.42. The number of nitrogens with two attached hydrogens (primary N) is 1. The number of aliphatic imine (C=N–C) groups is 1. The Morgan fingerprint density at radius 2 is 2.25 bits per heavy atom. The van der Waals surface area contributed by atoms with Crippen LogP contribution in [0, 0.1) is 5.21 Å². The highest BCUT2D eigenvalue weighted by Crippen LogP contribution is 2.07. The summed E-state index contributed by atoms with van der Waals surface area (Å²) in [6, 6.07) is 4.89. The Kier molecular flexibility index (Phi) is 2.39. The predicted molar refractivity (Wildman–Crippen MR) is 54.0 cm³/mol. The van der Waals surface area contributed by atoms with Crippen molar-refractivity contribution in [2.75, 3.05) is 0 Å². The van der Waals surface area contributed by atoms with Gasteiger partial charge in [0.05, 0.1) is 0 Å². The molecule has 1 unspecified atom stereocenters. The van der Waals surface area contributed by atoms with Crippen molar-refractivity contribution in [2.45, 2.75) is 0 Å². The molecule has 2 heterocycles. The van der Waals surface area contributed by atoms with Crippen molar-refractivity contribution in [3.63, 3.8) is 0 Å². The van der Waals surface area contributed by atoms with Gasteiger partial charge in [0.1, 0.15) is 5.69 Å². The SMILES string of the molecule is NC(=O)C1=C(O)[NH+]([O-])C(c2ccccn2)=N1. The summed E-state index contributed by atoms with van der Waals surface area (Å²) in [5.74, 6) is -1.75. The summed E-state index contributed by atoms with van der Waals surface area (Å²) < 4.78 is 0. The van der Waals surface area contributed by atoms with E-state index in [2.05, 4.69) is 9.98 Å². The van der Waals surface area contributed by atoms with Crippen molar-refractivity contribution in [2.24, 2.45) is 10.7 Å². The monoisotopic (exact) mass is 220 g/mol. The zero-order valence-corrected chi connectivity index (χ0v) is 8.04. The number of carbonyl (C=O) groups excluding carboxylic acids is 1. The molecule has 1 aromatic heterocycles. The number of amidine groups is 1. The molecule has 0 aromatic carbocycles. The lowest BCUT2D eigenvalue weighted by Crippen LogP contribution is -3.07. The molecule has 1 aliphatic heterocycles. The van der Waals surface area contributed by atoms with Gasteiger partial charge in [-0.3, -0.25) is 9.86 Å². The average molecular weight is 220 g/mol. The van der Waals surface area contributed by atoms with E-state index in [1.165, 1.54) is 6.20 Å². The van der Waals surface area contributed by atoms with Crippen LogP contribution in [0.2, 0.25) is 0 Å². The number of quaternary nitrogens is 1. The van der Waals surface area contributed by atoms with Crippen LogP contribution >= 0.6 is 0 Å². The molecule has 0 radical (unpaired) electrons. The smallest absolute Gasteiger partial charge is 0.326 e. The van der Waals surface area contributed by atoms with E-state index in [0.717, 1.165) is 0 Å². The van der Waals surface area contributed by atoms with E-state index in [9.17, 15) is 15.1 Å². The number of carbonyl (C=O) groups is 1. The summed E-state index contributed by atoms with van der Waals surface area (Å²) in [7, 11) is 0. The number of aliphatic hydroxyl groups is 1. The first kappa shape index (κ1) is 10.3. The molecule has 1 aliphatic rings. The number of hydrogen-bond acceptors (Lipinski definition) is 5. The lowest BCUT2D eigenvalue weighted by molar-refractivity contribution is -0.718. The van der Waals surface area contributed by atoms with Crippen LogP contribution in [0.4, 0.5) is 0 Å². The molecule has 7 heteroatoms. The van der Waals surface area contributed by atoms with Crippen molar-refractivity contribution >= 4 is 11.7 Å². The number of nitrogens with zero attached hydrogens (tertiary/aromatic N) is 2. The van der Waals surface area contributed by atoms with Gasteiger partial charge >= 0.3 is 5.88 Å². The maximum absolute atomic E-state index is 11.5. The van der Waals surface area contributed by atoms with Crippen molar-refractivity contribution in [1.82, 2.24) is 4.98 Å². The lowest BCUT2D eigenvalue weighted by Gasteiger charge is -2.15. The van der Waals surface area contributed by atoms with Gasteiger partial charge in [0.25, 0.3) is 11.7 Å². The highest BCUT2D eigenvalue weighted by Gasteiger charge is 2.31. The third kappa shape index (κ3) is 1.53. The maximum atomic E-state index is 11.5. The van der Waals surface area contributed by atoms with Crippen LogP contribution < -0.4 is 10.8 Å². The predicted octanol–water partition coefficient (Wildman–Crippen LogP) is -1.56. The largest absolute Gasteiger partial charge is 0.620 e. The van der Waals surface area contributed by atoms with Crippen LogP contribution in [-0.2, 0) is 4.79 Å². The molecule has 0 aliphatic carbocycles. The highest BCUT2D eigenvalue weighted by atomic mass is 16.5. The normalized spacial score (nSPS) is 19.8. The molecule has 1 amide bonds. The summed E-state index contributed by atoms with van der Waals surface area (Å²) in [6.07, 6.45) is 1.48. The summed E-state index contributed by atoms with van der Waals surface area (Å²) in [5, 5.41) is 20.1. The van der Waals surface area contributed by atoms with Crippen molar-refractivity contribution in [3.8, 4) is 0 Å². The van der Waals surface area contributed by atoms with Crippen LogP contribution in [0.25, 0.3) is 0 Å². The first-order valence-corrected chi connectivity index (χ1v) is 4.39. The Labute approximate surface area is 90.1 Å². The number of rotatable bonds is 2. The second-order valence-electron chi connectivity index (χ2n) is 3.07. The molecule has 0 saturated heterocycles. The molecule has 7 nitrogen and oxygen atoms in total. The fraction of sp³-hybridized carbons (Fsp3) is 0. The summed E-state index contributed by atoms with van der Waals surface area (Å²) in [4.78, 5) is 18.4. The number of aromatic nitrogens is 1. The number of pyridine rings is 1. The molecule has 1 aromatic rings. The molecule has 4 N–H and O–H groups in total.